The van der Waals surface area contributed by atoms with Crippen LogP contribution in [0.1, 0.15) is 24.5 Å². The van der Waals surface area contributed by atoms with Gasteiger partial charge in [0.05, 0.1) is 4.90 Å². The first-order valence-electron chi connectivity index (χ1n) is 6.54. The van der Waals surface area contributed by atoms with E-state index in [0.717, 1.165) is 17.5 Å². The molecule has 0 aromatic heterocycles. The Bertz CT molecular complexity index is 571. The number of nitrogens with zero attached hydrogens (tertiary/aromatic N) is 1. The van der Waals surface area contributed by atoms with Crippen molar-refractivity contribution in [3.05, 3.63) is 29.3 Å². The molecule has 1 aromatic carbocycles. The van der Waals surface area contributed by atoms with Gasteiger partial charge in [0.2, 0.25) is 10.0 Å². The molecule has 2 atom stereocenters. The van der Waals surface area contributed by atoms with Gasteiger partial charge >= 0.3 is 0 Å². The normalized spacial score (nSPS) is 25.5. The van der Waals surface area contributed by atoms with E-state index >= 15 is 0 Å². The van der Waals surface area contributed by atoms with Gasteiger partial charge in [0.1, 0.15) is 0 Å². The molecule has 5 heteroatoms. The minimum atomic E-state index is -3.35. The molecule has 1 aliphatic rings. The van der Waals surface area contributed by atoms with Crippen molar-refractivity contribution in [1.82, 2.24) is 4.31 Å². The molecule has 0 radical (unpaired) electrons. The Hall–Kier alpha value is -0.390. The molecule has 0 bridgehead atoms. The van der Waals surface area contributed by atoms with Gasteiger partial charge in [-0.25, -0.2) is 8.42 Å². The molecule has 0 spiro atoms. The summed E-state index contributed by atoms with van der Waals surface area (Å²) in [7, 11) is -3.35. The summed E-state index contributed by atoms with van der Waals surface area (Å²) in [5.74, 6) is 0.342. The number of halogens is 1. The van der Waals surface area contributed by atoms with E-state index in [0.29, 0.717) is 28.7 Å². The third kappa shape index (κ3) is 3.03. The highest BCUT2D eigenvalue weighted by Gasteiger charge is 2.33. The fraction of sp³-hybridized carbons (Fsp3) is 0.571. The van der Waals surface area contributed by atoms with E-state index in [-0.39, 0.29) is 0 Å². The Kier molecular flexibility index (Phi) is 4.38. The molecule has 0 saturated carbocycles. The molecule has 1 saturated heterocycles. The molecule has 1 heterocycles. The van der Waals surface area contributed by atoms with Crippen LogP contribution in [0.15, 0.2) is 23.1 Å². The van der Waals surface area contributed by atoms with Crippen molar-refractivity contribution in [2.75, 3.05) is 13.1 Å². The standard InChI is InChI=1S/C14H20BrNO2S/c1-10-4-5-14(11(2)8-10)19(17,18)16-7-6-13(15)12(3)9-16/h4-5,8,12-13H,6-7,9H2,1-3H3. The summed E-state index contributed by atoms with van der Waals surface area (Å²) in [5.41, 5.74) is 1.91. The van der Waals surface area contributed by atoms with Crippen molar-refractivity contribution in [3.8, 4) is 0 Å². The second-order valence-electron chi connectivity index (χ2n) is 5.41. The summed E-state index contributed by atoms with van der Waals surface area (Å²) in [6.45, 7) is 7.10. The number of sulfonamides is 1. The topological polar surface area (TPSA) is 37.4 Å². The lowest BCUT2D eigenvalue weighted by molar-refractivity contribution is 0.291. The molecule has 1 aliphatic heterocycles. The number of benzene rings is 1. The first-order chi connectivity index (χ1) is 8.82. The van der Waals surface area contributed by atoms with Crippen molar-refractivity contribution in [2.24, 2.45) is 5.92 Å². The van der Waals surface area contributed by atoms with E-state index in [4.69, 9.17) is 0 Å². The van der Waals surface area contributed by atoms with Crippen LogP contribution in [0.2, 0.25) is 0 Å². The number of aryl methyl sites for hydroxylation is 2. The zero-order valence-corrected chi connectivity index (χ0v) is 14.0. The van der Waals surface area contributed by atoms with E-state index in [1.165, 1.54) is 0 Å². The van der Waals surface area contributed by atoms with Crippen LogP contribution in [-0.2, 0) is 10.0 Å². The Balaban J connectivity index is 2.32. The number of rotatable bonds is 2. The highest BCUT2D eigenvalue weighted by atomic mass is 79.9. The minimum absolute atomic E-state index is 0.342. The Morgan fingerprint density at radius 3 is 2.58 bits per heavy atom. The van der Waals surface area contributed by atoms with Crippen LogP contribution in [0.3, 0.4) is 0 Å². The maximum Gasteiger partial charge on any atom is 0.243 e. The molecular weight excluding hydrogens is 326 g/mol. The summed E-state index contributed by atoms with van der Waals surface area (Å²) in [5, 5.41) is 0. The molecule has 3 nitrogen and oxygen atoms in total. The minimum Gasteiger partial charge on any atom is -0.207 e. The molecule has 0 aliphatic carbocycles. The predicted molar refractivity (Wildman–Crippen MR) is 81.2 cm³/mol. The monoisotopic (exact) mass is 345 g/mol. The van der Waals surface area contributed by atoms with Crippen LogP contribution >= 0.6 is 15.9 Å². The molecule has 19 heavy (non-hydrogen) atoms. The number of hydrogen-bond donors (Lipinski definition) is 0. The van der Waals surface area contributed by atoms with Gasteiger partial charge in [-0.2, -0.15) is 4.31 Å². The van der Waals surface area contributed by atoms with Crippen LogP contribution in [0.5, 0.6) is 0 Å². The zero-order valence-electron chi connectivity index (χ0n) is 11.6. The second kappa shape index (κ2) is 5.54. The molecule has 2 unspecified atom stereocenters. The lowest BCUT2D eigenvalue weighted by Gasteiger charge is -2.33. The highest BCUT2D eigenvalue weighted by Crippen LogP contribution is 2.29. The quantitative estimate of drug-likeness (QED) is 0.772. The molecule has 2 rings (SSSR count). The predicted octanol–water partition coefficient (Wildman–Crippen LogP) is 3.10. The molecule has 1 aromatic rings. The van der Waals surface area contributed by atoms with Gasteiger partial charge in [-0.1, -0.05) is 40.5 Å². The third-order valence-corrected chi connectivity index (χ3v) is 7.10. The van der Waals surface area contributed by atoms with Crippen molar-refractivity contribution < 1.29 is 8.42 Å². The summed E-state index contributed by atoms with van der Waals surface area (Å²) >= 11 is 3.61. The van der Waals surface area contributed by atoms with Crippen molar-refractivity contribution >= 4 is 26.0 Å². The van der Waals surface area contributed by atoms with Crippen LogP contribution in [-0.4, -0.2) is 30.6 Å². The first-order valence-corrected chi connectivity index (χ1v) is 8.89. The summed E-state index contributed by atoms with van der Waals surface area (Å²) < 4.78 is 27.0. The van der Waals surface area contributed by atoms with Gasteiger partial charge in [0.25, 0.3) is 0 Å². The Morgan fingerprint density at radius 1 is 1.32 bits per heavy atom. The van der Waals surface area contributed by atoms with Gasteiger partial charge in [0, 0.05) is 17.9 Å². The van der Waals surface area contributed by atoms with E-state index in [9.17, 15) is 8.42 Å². The highest BCUT2D eigenvalue weighted by molar-refractivity contribution is 9.09. The fourth-order valence-electron chi connectivity index (χ4n) is 2.52. The molecule has 0 amide bonds. The molecule has 1 fully saturated rings. The van der Waals surface area contributed by atoms with Gasteiger partial charge in [0.15, 0.2) is 0 Å². The number of hydrogen-bond acceptors (Lipinski definition) is 2. The van der Waals surface area contributed by atoms with E-state index in [2.05, 4.69) is 22.9 Å². The lowest BCUT2D eigenvalue weighted by Crippen LogP contribution is -2.43. The van der Waals surface area contributed by atoms with Crippen LogP contribution in [0.4, 0.5) is 0 Å². The number of alkyl halides is 1. The smallest absolute Gasteiger partial charge is 0.207 e. The Morgan fingerprint density at radius 2 is 2.00 bits per heavy atom. The SMILES string of the molecule is Cc1ccc(S(=O)(=O)N2CCC(Br)C(C)C2)c(C)c1. The van der Waals surface area contributed by atoms with E-state index in [1.54, 1.807) is 10.4 Å². The van der Waals surface area contributed by atoms with E-state index in [1.807, 2.05) is 26.0 Å². The van der Waals surface area contributed by atoms with Gasteiger partial charge < -0.3 is 0 Å². The average molecular weight is 346 g/mol. The maximum atomic E-state index is 12.7. The fourth-order valence-corrected chi connectivity index (χ4v) is 4.66. The van der Waals surface area contributed by atoms with Crippen molar-refractivity contribution in [3.63, 3.8) is 0 Å². The van der Waals surface area contributed by atoms with Crippen LogP contribution < -0.4 is 0 Å². The summed E-state index contributed by atoms with van der Waals surface area (Å²) in [4.78, 5) is 0.858. The molecular formula is C14H20BrNO2S. The Labute approximate surface area is 124 Å². The lowest BCUT2D eigenvalue weighted by atomic mass is 10.0. The van der Waals surface area contributed by atoms with Crippen LogP contribution in [0, 0.1) is 19.8 Å². The zero-order chi connectivity index (χ0) is 14.2. The number of piperidine rings is 1. The average Bonchev–Trinajstić information content (AvgIpc) is 2.32. The van der Waals surface area contributed by atoms with Gasteiger partial charge in [-0.05, 0) is 37.8 Å². The van der Waals surface area contributed by atoms with Crippen molar-refractivity contribution in [1.29, 1.82) is 0 Å². The third-order valence-electron chi connectivity index (χ3n) is 3.71. The molecule has 0 N–H and O–H groups in total. The maximum absolute atomic E-state index is 12.7. The van der Waals surface area contributed by atoms with E-state index < -0.39 is 10.0 Å². The van der Waals surface area contributed by atoms with Crippen LogP contribution in [0.25, 0.3) is 0 Å². The van der Waals surface area contributed by atoms with Gasteiger partial charge in [-0.3, -0.25) is 0 Å². The van der Waals surface area contributed by atoms with Gasteiger partial charge in [-0.15, -0.1) is 0 Å². The van der Waals surface area contributed by atoms with Crippen molar-refractivity contribution in [2.45, 2.75) is 36.9 Å². The first kappa shape index (κ1) is 15.0. The molecule has 106 valence electrons. The summed E-state index contributed by atoms with van der Waals surface area (Å²) in [6.07, 6.45) is 0.866. The second-order valence-corrected chi connectivity index (χ2v) is 8.50. The summed E-state index contributed by atoms with van der Waals surface area (Å²) in [6, 6.07) is 5.51. The largest absolute Gasteiger partial charge is 0.243 e.